The average Bonchev–Trinajstić information content (AvgIpc) is 2.44. The Morgan fingerprint density at radius 2 is 1.45 bits per heavy atom. The van der Waals surface area contributed by atoms with Crippen molar-refractivity contribution in [3.05, 3.63) is 29.8 Å². The van der Waals surface area contributed by atoms with Gasteiger partial charge in [0, 0.05) is 12.8 Å². The van der Waals surface area contributed by atoms with Crippen LogP contribution >= 0.6 is 0 Å². The maximum atomic E-state index is 11.6. The predicted octanol–water partition coefficient (Wildman–Crippen LogP) is 3.41. The van der Waals surface area contributed by atoms with Crippen molar-refractivity contribution >= 4 is 11.9 Å². The van der Waals surface area contributed by atoms with Crippen LogP contribution < -0.4 is 4.74 Å². The van der Waals surface area contributed by atoms with Crippen LogP contribution in [0.3, 0.4) is 0 Å². The lowest BCUT2D eigenvalue weighted by Gasteiger charge is -2.04. The van der Waals surface area contributed by atoms with E-state index in [2.05, 4.69) is 4.74 Å². The van der Waals surface area contributed by atoms with E-state index in [-0.39, 0.29) is 11.9 Å². The second-order valence-corrected chi connectivity index (χ2v) is 4.78. The van der Waals surface area contributed by atoms with Crippen molar-refractivity contribution in [2.45, 2.75) is 45.4 Å². The van der Waals surface area contributed by atoms with E-state index >= 15 is 0 Å². The number of aryl methyl sites for hydroxylation is 1. The van der Waals surface area contributed by atoms with Crippen LogP contribution in [0.25, 0.3) is 0 Å². The average molecular weight is 278 g/mol. The Hall–Kier alpha value is -1.84. The zero-order valence-electron chi connectivity index (χ0n) is 12.2. The third-order valence-electron chi connectivity index (χ3n) is 2.99. The van der Waals surface area contributed by atoms with Crippen molar-refractivity contribution in [3.8, 4) is 5.75 Å². The van der Waals surface area contributed by atoms with Crippen LogP contribution in [0.2, 0.25) is 0 Å². The number of ether oxygens (including phenoxy) is 2. The van der Waals surface area contributed by atoms with Gasteiger partial charge in [-0.1, -0.05) is 30.5 Å². The fourth-order valence-corrected chi connectivity index (χ4v) is 1.78. The molecule has 0 unspecified atom stereocenters. The molecule has 0 saturated carbocycles. The van der Waals surface area contributed by atoms with Gasteiger partial charge in [0.05, 0.1) is 7.11 Å². The quantitative estimate of drug-likeness (QED) is 0.415. The van der Waals surface area contributed by atoms with Crippen molar-refractivity contribution in [3.63, 3.8) is 0 Å². The second-order valence-electron chi connectivity index (χ2n) is 4.78. The largest absolute Gasteiger partial charge is 0.469 e. The summed E-state index contributed by atoms with van der Waals surface area (Å²) in [5.41, 5.74) is 1.13. The topological polar surface area (TPSA) is 52.6 Å². The number of carbonyl (C=O) groups excluding carboxylic acids is 2. The van der Waals surface area contributed by atoms with Crippen LogP contribution in [0.5, 0.6) is 5.75 Å². The van der Waals surface area contributed by atoms with E-state index in [0.717, 1.165) is 31.2 Å². The molecule has 0 aliphatic rings. The number of carbonyl (C=O) groups is 2. The van der Waals surface area contributed by atoms with E-state index < -0.39 is 0 Å². The molecule has 1 aromatic carbocycles. The van der Waals surface area contributed by atoms with Crippen LogP contribution in [0.1, 0.15) is 44.1 Å². The van der Waals surface area contributed by atoms with Crippen LogP contribution in [-0.4, -0.2) is 19.0 Å². The summed E-state index contributed by atoms with van der Waals surface area (Å²) in [5, 5.41) is 0. The fraction of sp³-hybridized carbons (Fsp3) is 0.500. The Morgan fingerprint density at radius 3 is 2.00 bits per heavy atom. The van der Waals surface area contributed by atoms with Crippen molar-refractivity contribution in [1.29, 1.82) is 0 Å². The number of benzene rings is 1. The molecule has 110 valence electrons. The number of unbranched alkanes of at least 4 members (excludes halogenated alkanes) is 3. The summed E-state index contributed by atoms with van der Waals surface area (Å²) in [6.07, 6.45) is 4.29. The molecule has 0 radical (unpaired) electrons. The molecule has 0 amide bonds. The lowest BCUT2D eigenvalue weighted by molar-refractivity contribution is -0.140. The van der Waals surface area contributed by atoms with E-state index in [0.29, 0.717) is 18.6 Å². The van der Waals surface area contributed by atoms with Crippen molar-refractivity contribution in [1.82, 2.24) is 0 Å². The molecule has 0 saturated heterocycles. The van der Waals surface area contributed by atoms with Crippen LogP contribution in [-0.2, 0) is 14.3 Å². The fourth-order valence-electron chi connectivity index (χ4n) is 1.78. The highest BCUT2D eigenvalue weighted by molar-refractivity contribution is 5.72. The molecule has 4 heteroatoms. The standard InChI is InChI=1S/C16H22O4/c1-13-9-11-14(12-10-13)20-16(18)8-6-4-3-5-7-15(17)19-2/h9-12H,3-8H2,1-2H3. The van der Waals surface area contributed by atoms with Crippen molar-refractivity contribution in [2.24, 2.45) is 0 Å². The number of methoxy groups -OCH3 is 1. The monoisotopic (exact) mass is 278 g/mol. The predicted molar refractivity (Wildman–Crippen MR) is 76.5 cm³/mol. The minimum atomic E-state index is -0.207. The summed E-state index contributed by atoms with van der Waals surface area (Å²) in [5.74, 6) is 0.205. The first-order chi connectivity index (χ1) is 9.61. The molecule has 0 aliphatic carbocycles. The molecule has 0 atom stereocenters. The highest BCUT2D eigenvalue weighted by atomic mass is 16.5. The van der Waals surface area contributed by atoms with Gasteiger partial charge in [-0.15, -0.1) is 0 Å². The van der Waals surface area contributed by atoms with Crippen molar-refractivity contribution in [2.75, 3.05) is 7.11 Å². The zero-order chi connectivity index (χ0) is 14.8. The first kappa shape index (κ1) is 16.2. The second kappa shape index (κ2) is 9.13. The molecule has 0 bridgehead atoms. The Kier molecular flexibility index (Phi) is 7.40. The van der Waals surface area contributed by atoms with Crippen molar-refractivity contribution < 1.29 is 19.1 Å². The molecular formula is C16H22O4. The summed E-state index contributed by atoms with van der Waals surface area (Å²) in [4.78, 5) is 22.5. The summed E-state index contributed by atoms with van der Waals surface area (Å²) in [6.45, 7) is 1.99. The first-order valence-electron chi connectivity index (χ1n) is 6.96. The van der Waals surface area contributed by atoms with Gasteiger partial charge in [-0.2, -0.15) is 0 Å². The van der Waals surface area contributed by atoms with Gasteiger partial charge in [0.1, 0.15) is 5.75 Å². The van der Waals surface area contributed by atoms with E-state index in [1.165, 1.54) is 7.11 Å². The summed E-state index contributed by atoms with van der Waals surface area (Å²) in [6, 6.07) is 7.41. The summed E-state index contributed by atoms with van der Waals surface area (Å²) < 4.78 is 9.78. The molecule has 0 aromatic heterocycles. The molecule has 1 aromatic rings. The third-order valence-corrected chi connectivity index (χ3v) is 2.99. The normalized spacial score (nSPS) is 10.1. The highest BCUT2D eigenvalue weighted by Crippen LogP contribution is 2.13. The van der Waals surface area contributed by atoms with Gasteiger partial charge in [0.2, 0.25) is 0 Å². The first-order valence-corrected chi connectivity index (χ1v) is 6.96. The Morgan fingerprint density at radius 1 is 0.900 bits per heavy atom. The van der Waals surface area contributed by atoms with Crippen LogP contribution in [0.15, 0.2) is 24.3 Å². The minimum Gasteiger partial charge on any atom is -0.469 e. The number of rotatable bonds is 8. The smallest absolute Gasteiger partial charge is 0.311 e. The van der Waals surface area contributed by atoms with E-state index in [4.69, 9.17) is 4.74 Å². The van der Waals surface area contributed by atoms with Gasteiger partial charge in [-0.25, -0.2) is 0 Å². The number of hydrogen-bond acceptors (Lipinski definition) is 4. The molecule has 0 aliphatic heterocycles. The van der Waals surface area contributed by atoms with E-state index in [1.54, 1.807) is 12.1 Å². The highest BCUT2D eigenvalue weighted by Gasteiger charge is 2.05. The van der Waals surface area contributed by atoms with Gasteiger partial charge in [0.15, 0.2) is 0 Å². The maximum absolute atomic E-state index is 11.6. The van der Waals surface area contributed by atoms with E-state index in [1.807, 2.05) is 19.1 Å². The van der Waals surface area contributed by atoms with Gasteiger partial charge in [-0.05, 0) is 31.9 Å². The molecule has 4 nitrogen and oxygen atoms in total. The molecule has 0 spiro atoms. The Bertz CT molecular complexity index is 423. The zero-order valence-corrected chi connectivity index (χ0v) is 12.2. The molecular weight excluding hydrogens is 256 g/mol. The molecule has 20 heavy (non-hydrogen) atoms. The molecule has 0 N–H and O–H groups in total. The van der Waals surface area contributed by atoms with Gasteiger partial charge in [0.25, 0.3) is 0 Å². The SMILES string of the molecule is COC(=O)CCCCCCC(=O)Oc1ccc(C)cc1. The summed E-state index contributed by atoms with van der Waals surface area (Å²) in [7, 11) is 1.39. The van der Waals surface area contributed by atoms with Gasteiger partial charge in [-0.3, -0.25) is 9.59 Å². The van der Waals surface area contributed by atoms with Gasteiger partial charge < -0.3 is 9.47 Å². The van der Waals surface area contributed by atoms with Crippen LogP contribution in [0.4, 0.5) is 0 Å². The lowest BCUT2D eigenvalue weighted by Crippen LogP contribution is -2.07. The third kappa shape index (κ3) is 6.92. The number of hydrogen-bond donors (Lipinski definition) is 0. The van der Waals surface area contributed by atoms with Crippen LogP contribution in [0, 0.1) is 6.92 Å². The van der Waals surface area contributed by atoms with E-state index in [9.17, 15) is 9.59 Å². The van der Waals surface area contributed by atoms with Gasteiger partial charge >= 0.3 is 11.9 Å². The molecule has 0 fully saturated rings. The molecule has 0 heterocycles. The maximum Gasteiger partial charge on any atom is 0.311 e. The lowest BCUT2D eigenvalue weighted by atomic mass is 10.1. The summed E-state index contributed by atoms with van der Waals surface area (Å²) >= 11 is 0. The minimum absolute atomic E-state index is 0.177. The molecule has 1 rings (SSSR count). The number of esters is 2. The Balaban J connectivity index is 2.08. The Labute approximate surface area is 120 Å².